The van der Waals surface area contributed by atoms with Gasteiger partial charge in [-0.2, -0.15) is 13.2 Å². The van der Waals surface area contributed by atoms with Gasteiger partial charge >= 0.3 is 6.18 Å². The van der Waals surface area contributed by atoms with Gasteiger partial charge in [0.2, 0.25) is 0 Å². The molecule has 0 aliphatic heterocycles. The van der Waals surface area contributed by atoms with Gasteiger partial charge in [-0.3, -0.25) is 0 Å². The van der Waals surface area contributed by atoms with Gasteiger partial charge in [0.1, 0.15) is 0 Å². The van der Waals surface area contributed by atoms with E-state index in [1.807, 2.05) is 0 Å². The van der Waals surface area contributed by atoms with Gasteiger partial charge < -0.3 is 0 Å². The van der Waals surface area contributed by atoms with E-state index in [1.165, 1.54) is 12.8 Å². The SMILES string of the molecule is CCCC(C)CC1CCC(C(F)(F)F)CC1. The van der Waals surface area contributed by atoms with E-state index in [4.69, 9.17) is 0 Å². The van der Waals surface area contributed by atoms with Gasteiger partial charge in [0.05, 0.1) is 5.92 Å². The van der Waals surface area contributed by atoms with Crippen molar-refractivity contribution >= 4 is 0 Å². The highest BCUT2D eigenvalue weighted by molar-refractivity contribution is 4.78. The zero-order valence-corrected chi connectivity index (χ0v) is 10.3. The second-order valence-corrected chi connectivity index (χ2v) is 5.39. The van der Waals surface area contributed by atoms with Crippen molar-refractivity contribution in [2.45, 2.75) is 65.0 Å². The number of hydrogen-bond donors (Lipinski definition) is 0. The van der Waals surface area contributed by atoms with E-state index < -0.39 is 12.1 Å². The molecule has 16 heavy (non-hydrogen) atoms. The molecule has 1 fully saturated rings. The van der Waals surface area contributed by atoms with Crippen LogP contribution in [0.3, 0.4) is 0 Å². The predicted molar refractivity (Wildman–Crippen MR) is 60.2 cm³/mol. The second kappa shape index (κ2) is 5.92. The molecule has 1 unspecified atom stereocenters. The van der Waals surface area contributed by atoms with Crippen LogP contribution in [0, 0.1) is 17.8 Å². The summed E-state index contributed by atoms with van der Waals surface area (Å²) in [6.07, 6.45) is 1.81. The minimum Gasteiger partial charge on any atom is -0.171 e. The van der Waals surface area contributed by atoms with Crippen LogP contribution in [0.15, 0.2) is 0 Å². The fourth-order valence-corrected chi connectivity index (χ4v) is 2.91. The molecule has 0 radical (unpaired) electrons. The Balaban J connectivity index is 2.27. The van der Waals surface area contributed by atoms with Crippen molar-refractivity contribution in [2.24, 2.45) is 17.8 Å². The zero-order valence-electron chi connectivity index (χ0n) is 10.3. The first-order valence-electron chi connectivity index (χ1n) is 6.50. The third kappa shape index (κ3) is 4.34. The van der Waals surface area contributed by atoms with E-state index in [1.54, 1.807) is 0 Å². The van der Waals surface area contributed by atoms with Crippen molar-refractivity contribution in [1.82, 2.24) is 0 Å². The third-order valence-electron chi connectivity index (χ3n) is 3.83. The fraction of sp³-hybridized carbons (Fsp3) is 1.00. The van der Waals surface area contributed by atoms with Gasteiger partial charge in [-0.05, 0) is 43.9 Å². The summed E-state index contributed by atoms with van der Waals surface area (Å²) >= 11 is 0. The molecule has 0 spiro atoms. The quantitative estimate of drug-likeness (QED) is 0.630. The molecule has 1 atom stereocenters. The summed E-state index contributed by atoms with van der Waals surface area (Å²) in [4.78, 5) is 0. The Labute approximate surface area is 96.6 Å². The maximum absolute atomic E-state index is 12.5. The maximum Gasteiger partial charge on any atom is 0.391 e. The second-order valence-electron chi connectivity index (χ2n) is 5.39. The molecular weight excluding hydrogens is 213 g/mol. The average Bonchev–Trinajstić information content (AvgIpc) is 2.17. The Morgan fingerprint density at radius 3 is 2.12 bits per heavy atom. The van der Waals surface area contributed by atoms with Crippen LogP contribution < -0.4 is 0 Å². The largest absolute Gasteiger partial charge is 0.391 e. The lowest BCUT2D eigenvalue weighted by Gasteiger charge is -2.31. The summed E-state index contributed by atoms with van der Waals surface area (Å²) in [5.74, 6) is 0.197. The Morgan fingerprint density at radius 1 is 1.12 bits per heavy atom. The number of hydrogen-bond acceptors (Lipinski definition) is 0. The summed E-state index contributed by atoms with van der Waals surface area (Å²) in [6.45, 7) is 4.39. The van der Waals surface area contributed by atoms with Crippen molar-refractivity contribution in [3.8, 4) is 0 Å². The molecule has 3 heteroatoms. The molecule has 1 saturated carbocycles. The summed E-state index contributed by atoms with van der Waals surface area (Å²) in [5.41, 5.74) is 0. The topological polar surface area (TPSA) is 0 Å². The Kier molecular flexibility index (Phi) is 5.13. The molecule has 96 valence electrons. The molecule has 0 bridgehead atoms. The smallest absolute Gasteiger partial charge is 0.171 e. The third-order valence-corrected chi connectivity index (χ3v) is 3.83. The van der Waals surface area contributed by atoms with Gasteiger partial charge in [-0.1, -0.05) is 26.7 Å². The first-order valence-corrected chi connectivity index (χ1v) is 6.50. The molecule has 0 nitrogen and oxygen atoms in total. The number of alkyl halides is 3. The first kappa shape index (κ1) is 13.9. The highest BCUT2D eigenvalue weighted by atomic mass is 19.4. The van der Waals surface area contributed by atoms with E-state index in [0.717, 1.165) is 19.3 Å². The van der Waals surface area contributed by atoms with Crippen LogP contribution in [0.25, 0.3) is 0 Å². The van der Waals surface area contributed by atoms with Crippen LogP contribution in [-0.4, -0.2) is 6.18 Å². The number of halogens is 3. The predicted octanol–water partition coefficient (Wildman–Crippen LogP) is 5.18. The first-order chi connectivity index (χ1) is 7.43. The molecular formula is C13H23F3. The van der Waals surface area contributed by atoms with Crippen LogP contribution in [-0.2, 0) is 0 Å². The highest BCUT2D eigenvalue weighted by Gasteiger charge is 2.41. The van der Waals surface area contributed by atoms with Crippen LogP contribution in [0.1, 0.15) is 58.8 Å². The molecule has 0 amide bonds. The van der Waals surface area contributed by atoms with Crippen molar-refractivity contribution in [2.75, 3.05) is 0 Å². The molecule has 1 aliphatic rings. The fourth-order valence-electron chi connectivity index (χ4n) is 2.91. The molecule has 0 saturated heterocycles. The van der Waals surface area contributed by atoms with Gasteiger partial charge in [-0.15, -0.1) is 0 Å². The van der Waals surface area contributed by atoms with E-state index in [9.17, 15) is 13.2 Å². The average molecular weight is 236 g/mol. The van der Waals surface area contributed by atoms with Crippen LogP contribution >= 0.6 is 0 Å². The molecule has 0 heterocycles. The molecule has 0 aromatic rings. The van der Waals surface area contributed by atoms with Crippen LogP contribution in [0.2, 0.25) is 0 Å². The Hall–Kier alpha value is -0.210. The molecule has 0 aromatic heterocycles. The van der Waals surface area contributed by atoms with Crippen molar-refractivity contribution < 1.29 is 13.2 Å². The van der Waals surface area contributed by atoms with Gasteiger partial charge in [0.25, 0.3) is 0 Å². The van der Waals surface area contributed by atoms with E-state index in [0.29, 0.717) is 24.7 Å². The monoisotopic (exact) mass is 236 g/mol. The van der Waals surface area contributed by atoms with Crippen LogP contribution in [0.5, 0.6) is 0 Å². The summed E-state index contributed by atoms with van der Waals surface area (Å²) in [7, 11) is 0. The Morgan fingerprint density at radius 2 is 1.69 bits per heavy atom. The summed E-state index contributed by atoms with van der Waals surface area (Å²) in [5, 5.41) is 0. The van der Waals surface area contributed by atoms with E-state index in [-0.39, 0.29) is 0 Å². The lowest BCUT2D eigenvalue weighted by molar-refractivity contribution is -0.184. The Bertz CT molecular complexity index is 190. The normalized spacial score (nSPS) is 29.1. The summed E-state index contributed by atoms with van der Waals surface area (Å²) in [6, 6.07) is 0. The molecule has 0 aromatic carbocycles. The van der Waals surface area contributed by atoms with Gasteiger partial charge in [0, 0.05) is 0 Å². The minimum atomic E-state index is -3.96. The lowest BCUT2D eigenvalue weighted by atomic mass is 9.77. The highest BCUT2D eigenvalue weighted by Crippen LogP contribution is 2.41. The van der Waals surface area contributed by atoms with Crippen molar-refractivity contribution in [1.29, 1.82) is 0 Å². The lowest BCUT2D eigenvalue weighted by Crippen LogP contribution is -2.28. The summed E-state index contributed by atoms with van der Waals surface area (Å²) < 4.78 is 37.4. The molecule has 1 aliphatic carbocycles. The van der Waals surface area contributed by atoms with E-state index >= 15 is 0 Å². The van der Waals surface area contributed by atoms with E-state index in [2.05, 4.69) is 13.8 Å². The van der Waals surface area contributed by atoms with Crippen LogP contribution in [0.4, 0.5) is 13.2 Å². The maximum atomic E-state index is 12.5. The van der Waals surface area contributed by atoms with Gasteiger partial charge in [-0.25, -0.2) is 0 Å². The minimum absolute atomic E-state index is 0.354. The zero-order chi connectivity index (χ0) is 12.2. The molecule has 0 N–H and O–H groups in total. The standard InChI is InChI=1S/C13H23F3/c1-3-4-10(2)9-11-5-7-12(8-6-11)13(14,15)16/h10-12H,3-9H2,1-2H3. The van der Waals surface area contributed by atoms with Gasteiger partial charge in [0.15, 0.2) is 0 Å². The van der Waals surface area contributed by atoms with Crippen molar-refractivity contribution in [3.63, 3.8) is 0 Å². The van der Waals surface area contributed by atoms with Crippen molar-refractivity contribution in [3.05, 3.63) is 0 Å². The number of rotatable bonds is 4. The molecule has 1 rings (SSSR count).